The molecule has 2 unspecified atom stereocenters. The molecule has 35 heavy (non-hydrogen) atoms. The van der Waals surface area contributed by atoms with E-state index in [9.17, 15) is 4.79 Å². The molecule has 0 aliphatic carbocycles. The zero-order valence-corrected chi connectivity index (χ0v) is 19.6. The molecule has 0 spiro atoms. The number of methoxy groups -OCH3 is 1. The molecule has 8 nitrogen and oxygen atoms in total. The van der Waals surface area contributed by atoms with Crippen LogP contribution in [-0.2, 0) is 4.79 Å². The number of ether oxygens (including phenoxy) is 2. The zero-order valence-electron chi connectivity index (χ0n) is 19.6. The Morgan fingerprint density at radius 3 is 2.71 bits per heavy atom. The minimum atomic E-state index is 0.00512. The van der Waals surface area contributed by atoms with E-state index in [1.807, 2.05) is 41.6 Å². The van der Waals surface area contributed by atoms with E-state index in [0.29, 0.717) is 17.3 Å². The van der Waals surface area contributed by atoms with Crippen LogP contribution in [0.5, 0.6) is 11.5 Å². The summed E-state index contributed by atoms with van der Waals surface area (Å²) in [4.78, 5) is 23.3. The highest BCUT2D eigenvalue weighted by molar-refractivity contribution is 5.93. The summed E-state index contributed by atoms with van der Waals surface area (Å²) in [6.45, 7) is 3.66. The van der Waals surface area contributed by atoms with Gasteiger partial charge >= 0.3 is 0 Å². The van der Waals surface area contributed by atoms with Crippen LogP contribution in [0.3, 0.4) is 0 Å². The SMILES string of the molecule is C=CC(=O)N1C2CCC1CC(Oc1cc3c(Nc4ccn5cccc5c4)ncnc3cc1OC)C2. The Hall–Kier alpha value is -4.07. The minimum absolute atomic E-state index is 0.00512. The molecule has 4 aromatic rings. The molecule has 178 valence electrons. The van der Waals surface area contributed by atoms with Crippen LogP contribution in [0, 0.1) is 0 Å². The minimum Gasteiger partial charge on any atom is -0.493 e. The maximum absolute atomic E-state index is 12.3. The van der Waals surface area contributed by atoms with Crippen molar-refractivity contribution in [3.63, 3.8) is 0 Å². The number of carbonyl (C=O) groups is 1. The number of aromatic nitrogens is 3. The van der Waals surface area contributed by atoms with Crippen LogP contribution in [0.2, 0.25) is 0 Å². The fraction of sp³-hybridized carbons (Fsp3) is 0.296. The van der Waals surface area contributed by atoms with Gasteiger partial charge in [0.15, 0.2) is 11.5 Å². The molecule has 2 aliphatic rings. The molecule has 6 rings (SSSR count). The molecule has 2 atom stereocenters. The number of hydrogen-bond acceptors (Lipinski definition) is 6. The summed E-state index contributed by atoms with van der Waals surface area (Å²) in [5.41, 5.74) is 2.79. The number of fused-ring (bicyclic) bond motifs is 4. The van der Waals surface area contributed by atoms with Gasteiger partial charge in [0.1, 0.15) is 18.2 Å². The normalized spacial score (nSPS) is 21.3. The molecule has 2 fully saturated rings. The van der Waals surface area contributed by atoms with E-state index in [1.54, 1.807) is 13.4 Å². The molecule has 0 saturated carbocycles. The lowest BCUT2D eigenvalue weighted by atomic mass is 9.99. The first-order valence-corrected chi connectivity index (χ1v) is 11.9. The molecule has 1 aromatic carbocycles. The van der Waals surface area contributed by atoms with Crippen molar-refractivity contribution in [3.05, 3.63) is 67.8 Å². The van der Waals surface area contributed by atoms with E-state index in [0.717, 1.165) is 47.8 Å². The van der Waals surface area contributed by atoms with Crippen molar-refractivity contribution < 1.29 is 14.3 Å². The van der Waals surface area contributed by atoms with Crippen LogP contribution in [0.15, 0.2) is 67.8 Å². The Kier molecular flexibility index (Phi) is 5.28. The molecule has 2 saturated heterocycles. The van der Waals surface area contributed by atoms with E-state index in [2.05, 4.69) is 38.4 Å². The highest BCUT2D eigenvalue weighted by Gasteiger charge is 2.43. The monoisotopic (exact) mass is 469 g/mol. The molecule has 1 N–H and O–H groups in total. The Labute approximate surface area is 203 Å². The summed E-state index contributed by atoms with van der Waals surface area (Å²) in [5, 5.41) is 4.28. The first-order valence-electron chi connectivity index (χ1n) is 11.9. The highest BCUT2D eigenvalue weighted by Crippen LogP contribution is 2.40. The molecule has 0 radical (unpaired) electrons. The van der Waals surface area contributed by atoms with E-state index in [4.69, 9.17) is 9.47 Å². The lowest BCUT2D eigenvalue weighted by Gasteiger charge is -2.38. The maximum Gasteiger partial charge on any atom is 0.246 e. The number of piperidine rings is 1. The standard InChI is InChI=1S/C27H27N5O3/c1-3-26(33)32-19-6-7-20(32)13-21(12-19)35-25-14-22-23(15-24(25)34-2)28-16-29-27(22)30-17-8-10-31-9-4-5-18(31)11-17/h3-5,8-11,14-16,19-21H,1,6-7,12-13H2,2H3,(H,28,29,30). The predicted molar refractivity (Wildman–Crippen MR) is 134 cm³/mol. The molecule has 3 aromatic heterocycles. The van der Waals surface area contributed by atoms with Crippen molar-refractivity contribution in [2.24, 2.45) is 0 Å². The molecule has 1 amide bonds. The fourth-order valence-electron chi connectivity index (χ4n) is 5.53. The van der Waals surface area contributed by atoms with Crippen LogP contribution >= 0.6 is 0 Å². The van der Waals surface area contributed by atoms with Crippen LogP contribution in [0.25, 0.3) is 16.4 Å². The van der Waals surface area contributed by atoms with Crippen molar-refractivity contribution in [2.75, 3.05) is 12.4 Å². The van der Waals surface area contributed by atoms with Gasteiger partial charge < -0.3 is 24.1 Å². The van der Waals surface area contributed by atoms with Gasteiger partial charge in [0, 0.05) is 60.0 Å². The molecular formula is C27H27N5O3. The lowest BCUT2D eigenvalue weighted by molar-refractivity contribution is -0.131. The molecule has 8 heteroatoms. The maximum atomic E-state index is 12.3. The predicted octanol–water partition coefficient (Wildman–Crippen LogP) is 4.72. The lowest BCUT2D eigenvalue weighted by Crippen LogP contribution is -2.48. The van der Waals surface area contributed by atoms with Crippen LogP contribution in [0.4, 0.5) is 11.5 Å². The van der Waals surface area contributed by atoms with Crippen molar-refractivity contribution in [1.29, 1.82) is 0 Å². The molecular weight excluding hydrogens is 442 g/mol. The van der Waals surface area contributed by atoms with Crippen molar-refractivity contribution >= 4 is 33.8 Å². The summed E-state index contributed by atoms with van der Waals surface area (Å²) in [6, 6.07) is 12.4. The van der Waals surface area contributed by atoms with E-state index in [1.165, 1.54) is 6.08 Å². The van der Waals surface area contributed by atoms with E-state index < -0.39 is 0 Å². The van der Waals surface area contributed by atoms with Gasteiger partial charge in [-0.25, -0.2) is 9.97 Å². The highest BCUT2D eigenvalue weighted by atomic mass is 16.5. The second-order valence-corrected chi connectivity index (χ2v) is 9.17. The summed E-state index contributed by atoms with van der Waals surface area (Å²) in [5.74, 6) is 2.01. The van der Waals surface area contributed by atoms with Crippen LogP contribution in [0.1, 0.15) is 25.7 Å². The van der Waals surface area contributed by atoms with Gasteiger partial charge in [0.2, 0.25) is 5.91 Å². The number of nitrogens with one attached hydrogen (secondary N) is 1. The Bertz CT molecular complexity index is 1420. The fourth-order valence-corrected chi connectivity index (χ4v) is 5.53. The number of carbonyl (C=O) groups excluding carboxylic acids is 1. The summed E-state index contributed by atoms with van der Waals surface area (Å²) in [7, 11) is 1.64. The van der Waals surface area contributed by atoms with E-state index in [-0.39, 0.29) is 24.1 Å². The average molecular weight is 470 g/mol. The average Bonchev–Trinajstić information content (AvgIpc) is 3.45. The molecule has 5 heterocycles. The number of benzene rings is 1. The largest absolute Gasteiger partial charge is 0.493 e. The number of rotatable bonds is 6. The number of pyridine rings is 1. The number of nitrogens with zero attached hydrogens (tertiary/aromatic N) is 4. The van der Waals surface area contributed by atoms with Gasteiger partial charge in [-0.1, -0.05) is 6.58 Å². The second-order valence-electron chi connectivity index (χ2n) is 9.17. The Morgan fingerprint density at radius 2 is 1.94 bits per heavy atom. The third-order valence-electron chi connectivity index (χ3n) is 7.13. The van der Waals surface area contributed by atoms with Gasteiger partial charge in [-0.05, 0) is 49.2 Å². The third kappa shape index (κ3) is 3.84. The van der Waals surface area contributed by atoms with Crippen LogP contribution < -0.4 is 14.8 Å². The topological polar surface area (TPSA) is 81.0 Å². The number of anilines is 2. The van der Waals surface area contributed by atoms with Crippen molar-refractivity contribution in [3.8, 4) is 11.5 Å². The first kappa shape index (κ1) is 21.5. The smallest absolute Gasteiger partial charge is 0.246 e. The van der Waals surface area contributed by atoms with Gasteiger partial charge in [0.25, 0.3) is 0 Å². The third-order valence-corrected chi connectivity index (χ3v) is 7.13. The van der Waals surface area contributed by atoms with Gasteiger partial charge in [-0.2, -0.15) is 0 Å². The zero-order chi connectivity index (χ0) is 23.9. The number of amides is 1. The van der Waals surface area contributed by atoms with Crippen molar-refractivity contribution in [1.82, 2.24) is 19.3 Å². The Balaban J connectivity index is 1.30. The first-order chi connectivity index (χ1) is 17.1. The van der Waals surface area contributed by atoms with Gasteiger partial charge in [0.05, 0.1) is 12.6 Å². The number of hydrogen-bond donors (Lipinski definition) is 1. The van der Waals surface area contributed by atoms with Gasteiger partial charge in [-0.3, -0.25) is 4.79 Å². The van der Waals surface area contributed by atoms with E-state index >= 15 is 0 Å². The summed E-state index contributed by atoms with van der Waals surface area (Å²) < 4.78 is 14.2. The van der Waals surface area contributed by atoms with Crippen molar-refractivity contribution in [2.45, 2.75) is 43.9 Å². The molecule has 2 aliphatic heterocycles. The summed E-state index contributed by atoms with van der Waals surface area (Å²) >= 11 is 0. The van der Waals surface area contributed by atoms with Crippen LogP contribution in [-0.4, -0.2) is 50.5 Å². The Morgan fingerprint density at radius 1 is 1.11 bits per heavy atom. The second kappa shape index (κ2) is 8.61. The summed E-state index contributed by atoms with van der Waals surface area (Å²) in [6.07, 6.45) is 10.6. The molecule has 2 bridgehead atoms. The quantitative estimate of drug-likeness (QED) is 0.412. The van der Waals surface area contributed by atoms with Gasteiger partial charge in [-0.15, -0.1) is 0 Å².